The number of hydrogen-bond donors (Lipinski definition) is 1. The molecule has 1 amide bonds. The second-order valence-corrected chi connectivity index (χ2v) is 11.5. The van der Waals surface area contributed by atoms with Crippen molar-refractivity contribution in [1.29, 1.82) is 0 Å². The van der Waals surface area contributed by atoms with Gasteiger partial charge in [0, 0.05) is 11.6 Å². The number of halogens is 2. The maximum Gasteiger partial charge on any atom is 0.266 e. The first-order valence-corrected chi connectivity index (χ1v) is 12.9. The van der Waals surface area contributed by atoms with E-state index in [0.717, 1.165) is 22.5 Å². The Kier molecular flexibility index (Phi) is 6.73. The van der Waals surface area contributed by atoms with Gasteiger partial charge in [-0.05, 0) is 48.9 Å². The predicted octanol–water partition coefficient (Wildman–Crippen LogP) is 2.78. The Labute approximate surface area is 185 Å². The molecule has 1 atom stereocenters. The van der Waals surface area contributed by atoms with E-state index in [0.29, 0.717) is 6.42 Å². The lowest BCUT2D eigenvalue weighted by atomic mass is 10.2. The Morgan fingerprint density at radius 2 is 1.94 bits per heavy atom. The molecule has 7 nitrogen and oxygen atoms in total. The van der Waals surface area contributed by atoms with Crippen molar-refractivity contribution in [3.05, 3.63) is 71.5 Å². The van der Waals surface area contributed by atoms with Crippen LogP contribution in [0.5, 0.6) is 0 Å². The van der Waals surface area contributed by atoms with Crippen LogP contribution in [0.25, 0.3) is 0 Å². The number of anilines is 1. The fourth-order valence-electron chi connectivity index (χ4n) is 3.21. The highest BCUT2D eigenvalue weighted by Gasteiger charge is 2.31. The van der Waals surface area contributed by atoms with Gasteiger partial charge in [-0.15, -0.1) is 6.58 Å². The zero-order chi connectivity index (χ0) is 22.8. The summed E-state index contributed by atoms with van der Waals surface area (Å²) >= 11 is 6.15. The quantitative estimate of drug-likeness (QED) is 0.606. The molecule has 1 fully saturated rings. The third-order valence-electron chi connectivity index (χ3n) is 4.74. The molecule has 0 bridgehead atoms. The van der Waals surface area contributed by atoms with Gasteiger partial charge in [0.1, 0.15) is 10.7 Å². The van der Waals surface area contributed by atoms with Gasteiger partial charge in [-0.3, -0.25) is 9.10 Å². The van der Waals surface area contributed by atoms with E-state index in [9.17, 15) is 26.0 Å². The summed E-state index contributed by atoms with van der Waals surface area (Å²) in [7, 11) is -7.42. The molecule has 0 saturated carbocycles. The summed E-state index contributed by atoms with van der Waals surface area (Å²) in [5, 5.41) is 2.51. The minimum Gasteiger partial charge on any atom is -0.348 e. The van der Waals surface area contributed by atoms with Gasteiger partial charge >= 0.3 is 0 Å². The van der Waals surface area contributed by atoms with Gasteiger partial charge in [0.05, 0.1) is 28.8 Å². The molecule has 2 aromatic carbocycles. The van der Waals surface area contributed by atoms with Gasteiger partial charge in [-0.1, -0.05) is 17.7 Å². The Morgan fingerprint density at radius 3 is 2.52 bits per heavy atom. The highest BCUT2D eigenvalue weighted by molar-refractivity contribution is 7.93. The Morgan fingerprint density at radius 1 is 1.26 bits per heavy atom. The molecule has 1 saturated heterocycles. The molecular weight excluding hydrogens is 467 g/mol. The summed E-state index contributed by atoms with van der Waals surface area (Å²) in [6.07, 6.45) is 1.66. The molecule has 11 heteroatoms. The van der Waals surface area contributed by atoms with Crippen LogP contribution >= 0.6 is 11.6 Å². The molecule has 3 rings (SSSR count). The summed E-state index contributed by atoms with van der Waals surface area (Å²) in [5.74, 6) is -1.29. The van der Waals surface area contributed by atoms with Crippen LogP contribution < -0.4 is 9.62 Å². The minimum absolute atomic E-state index is 0.00756. The second kappa shape index (κ2) is 8.97. The van der Waals surface area contributed by atoms with Gasteiger partial charge in [0.2, 0.25) is 0 Å². The molecule has 1 aliphatic rings. The SMILES string of the molecule is C=CCN(c1ccc(F)cc1)S(=O)(=O)c1cc(C(=O)N[C@@H]2CCS(=O)(=O)C2)ccc1Cl. The van der Waals surface area contributed by atoms with Crippen LogP contribution in [0.3, 0.4) is 0 Å². The molecule has 0 aliphatic carbocycles. The molecule has 31 heavy (non-hydrogen) atoms. The van der Waals surface area contributed by atoms with E-state index in [4.69, 9.17) is 11.6 Å². The molecular formula is C20H20ClFN2O5S2. The van der Waals surface area contributed by atoms with E-state index in [1.165, 1.54) is 30.3 Å². The number of rotatable bonds is 7. The summed E-state index contributed by atoms with van der Waals surface area (Å²) in [6, 6.07) is 8.11. The topological polar surface area (TPSA) is 101 Å². The highest BCUT2D eigenvalue weighted by Crippen LogP contribution is 2.29. The lowest BCUT2D eigenvalue weighted by molar-refractivity contribution is 0.0941. The van der Waals surface area contributed by atoms with Crippen molar-refractivity contribution in [2.75, 3.05) is 22.4 Å². The van der Waals surface area contributed by atoms with Crippen LogP contribution in [-0.4, -0.2) is 46.8 Å². The molecule has 1 N–H and O–H groups in total. The van der Waals surface area contributed by atoms with E-state index in [1.807, 2.05) is 0 Å². The van der Waals surface area contributed by atoms with Crippen molar-refractivity contribution in [2.24, 2.45) is 0 Å². The third-order valence-corrected chi connectivity index (χ3v) is 8.78. The van der Waals surface area contributed by atoms with Gasteiger partial charge in [-0.25, -0.2) is 21.2 Å². The van der Waals surface area contributed by atoms with Crippen LogP contribution in [0.2, 0.25) is 5.02 Å². The van der Waals surface area contributed by atoms with Crippen molar-refractivity contribution in [2.45, 2.75) is 17.4 Å². The maximum absolute atomic E-state index is 13.3. The molecule has 0 spiro atoms. The van der Waals surface area contributed by atoms with Crippen LogP contribution in [0.4, 0.5) is 10.1 Å². The summed E-state index contributed by atoms with van der Waals surface area (Å²) in [6.45, 7) is 3.45. The third kappa shape index (κ3) is 5.25. The first-order chi connectivity index (χ1) is 14.5. The Hall–Kier alpha value is -2.43. The first kappa shape index (κ1) is 23.2. The van der Waals surface area contributed by atoms with Crippen molar-refractivity contribution in [3.8, 4) is 0 Å². The molecule has 0 unspecified atom stereocenters. The molecule has 1 heterocycles. The van der Waals surface area contributed by atoms with E-state index >= 15 is 0 Å². The van der Waals surface area contributed by atoms with Crippen LogP contribution in [0.15, 0.2) is 60.0 Å². The fraction of sp³-hybridized carbons (Fsp3) is 0.250. The summed E-state index contributed by atoms with van der Waals surface area (Å²) < 4.78 is 64.1. The average Bonchev–Trinajstić information content (AvgIpc) is 3.05. The number of nitrogens with zero attached hydrogens (tertiary/aromatic N) is 1. The Bertz CT molecular complexity index is 1210. The van der Waals surface area contributed by atoms with Crippen molar-refractivity contribution in [1.82, 2.24) is 5.32 Å². The number of carbonyl (C=O) groups is 1. The summed E-state index contributed by atoms with van der Waals surface area (Å²) in [5.41, 5.74) is 0.216. The van der Waals surface area contributed by atoms with Crippen LogP contribution in [0.1, 0.15) is 16.8 Å². The molecule has 1 aliphatic heterocycles. The van der Waals surface area contributed by atoms with E-state index < -0.39 is 37.6 Å². The molecule has 0 aromatic heterocycles. The largest absolute Gasteiger partial charge is 0.348 e. The number of amides is 1. The van der Waals surface area contributed by atoms with Crippen LogP contribution in [-0.2, 0) is 19.9 Å². The number of benzene rings is 2. The Balaban J connectivity index is 1.94. The molecule has 166 valence electrons. The summed E-state index contributed by atoms with van der Waals surface area (Å²) in [4.78, 5) is 12.3. The molecule has 2 aromatic rings. The number of hydrogen-bond acceptors (Lipinski definition) is 5. The predicted molar refractivity (Wildman–Crippen MR) is 117 cm³/mol. The van der Waals surface area contributed by atoms with E-state index in [-0.39, 0.29) is 39.2 Å². The smallest absolute Gasteiger partial charge is 0.266 e. The van der Waals surface area contributed by atoms with E-state index in [1.54, 1.807) is 0 Å². The van der Waals surface area contributed by atoms with Gasteiger partial charge in [-0.2, -0.15) is 0 Å². The minimum atomic E-state index is -4.23. The number of sulfone groups is 1. The number of nitrogens with one attached hydrogen (secondary N) is 1. The fourth-order valence-corrected chi connectivity index (χ4v) is 6.82. The molecule has 0 radical (unpaired) electrons. The lowest BCUT2D eigenvalue weighted by Gasteiger charge is -2.24. The van der Waals surface area contributed by atoms with Gasteiger partial charge < -0.3 is 5.32 Å². The van der Waals surface area contributed by atoms with Gasteiger partial charge in [0.15, 0.2) is 9.84 Å². The lowest BCUT2D eigenvalue weighted by Crippen LogP contribution is -2.36. The highest BCUT2D eigenvalue weighted by atomic mass is 35.5. The van der Waals surface area contributed by atoms with Crippen molar-refractivity contribution in [3.63, 3.8) is 0 Å². The van der Waals surface area contributed by atoms with Crippen molar-refractivity contribution < 1.29 is 26.0 Å². The first-order valence-electron chi connectivity index (χ1n) is 9.23. The zero-order valence-corrected chi connectivity index (χ0v) is 18.7. The average molecular weight is 487 g/mol. The van der Waals surface area contributed by atoms with E-state index in [2.05, 4.69) is 11.9 Å². The monoisotopic (exact) mass is 486 g/mol. The van der Waals surface area contributed by atoms with Crippen molar-refractivity contribution >= 4 is 43.1 Å². The number of carbonyl (C=O) groups excluding carboxylic acids is 1. The maximum atomic E-state index is 13.3. The second-order valence-electron chi connectivity index (χ2n) is 7.02. The standard InChI is InChI=1S/C20H20ClFN2O5S2/c1-2-10-24(17-6-4-15(22)5-7-17)31(28,29)19-12-14(3-8-18(19)21)20(25)23-16-9-11-30(26,27)13-16/h2-8,12,16H,1,9-11,13H2,(H,23,25)/t16-/m1/s1. The van der Waals surface area contributed by atoms with Crippen LogP contribution in [0, 0.1) is 5.82 Å². The zero-order valence-electron chi connectivity index (χ0n) is 16.3. The van der Waals surface area contributed by atoms with Gasteiger partial charge in [0.25, 0.3) is 15.9 Å². The number of sulfonamides is 1. The normalized spacial score (nSPS) is 17.8.